The second kappa shape index (κ2) is 6.14. The van der Waals surface area contributed by atoms with Crippen molar-refractivity contribution >= 4 is 23.5 Å². The van der Waals surface area contributed by atoms with Gasteiger partial charge in [0.2, 0.25) is 5.91 Å². The molecule has 1 aliphatic carbocycles. The van der Waals surface area contributed by atoms with Crippen molar-refractivity contribution in [1.29, 1.82) is 0 Å². The van der Waals surface area contributed by atoms with Gasteiger partial charge in [-0.1, -0.05) is 0 Å². The first-order valence-corrected chi connectivity index (χ1v) is 9.51. The van der Waals surface area contributed by atoms with Crippen molar-refractivity contribution in [3.8, 4) is 22.6 Å². The van der Waals surface area contributed by atoms with Gasteiger partial charge < -0.3 is 10.2 Å². The molecule has 5 aromatic rings. The normalized spacial score (nSPS) is 14.4. The number of hydrogen-bond donors (Lipinski definition) is 1. The molecule has 148 valence electrons. The van der Waals surface area contributed by atoms with Crippen LogP contribution in [-0.4, -0.2) is 39.7 Å². The molecule has 5 heterocycles. The molecule has 1 aliphatic rings. The quantitative estimate of drug-likeness (QED) is 0.452. The van der Waals surface area contributed by atoms with Crippen molar-refractivity contribution in [2.24, 2.45) is 5.73 Å². The van der Waals surface area contributed by atoms with E-state index in [9.17, 15) is 4.79 Å². The fourth-order valence-corrected chi connectivity index (χ4v) is 3.66. The van der Waals surface area contributed by atoms with Gasteiger partial charge >= 0.3 is 5.84 Å². The van der Waals surface area contributed by atoms with Crippen LogP contribution in [0.15, 0.2) is 53.7 Å². The number of oxazole rings is 1. The average molecular weight is 400 g/mol. The predicted octanol–water partition coefficient (Wildman–Crippen LogP) is 2.33. The first-order chi connectivity index (χ1) is 14.7. The van der Waals surface area contributed by atoms with Gasteiger partial charge in [0.15, 0.2) is 5.65 Å². The molecule has 0 bridgehead atoms. The summed E-state index contributed by atoms with van der Waals surface area (Å²) in [7, 11) is 0. The Bertz CT molecular complexity index is 1450. The summed E-state index contributed by atoms with van der Waals surface area (Å²) < 4.78 is 11.0. The number of nitrogens with zero attached hydrogens (tertiary/aromatic N) is 7. The molecular weight excluding hydrogens is 384 g/mol. The number of carbonyl (C=O) groups excluding carboxylic acids is 1. The molecule has 2 N–H and O–H groups in total. The van der Waals surface area contributed by atoms with E-state index < -0.39 is 5.91 Å². The lowest BCUT2D eigenvalue weighted by molar-refractivity contribution is -0.113. The Balaban J connectivity index is 1.62. The number of imidazole rings is 1. The molecule has 30 heavy (non-hydrogen) atoms. The second-order valence-electron chi connectivity index (χ2n) is 7.17. The molecule has 1 fully saturated rings. The van der Waals surface area contributed by atoms with Gasteiger partial charge in [0.05, 0.1) is 17.4 Å². The van der Waals surface area contributed by atoms with E-state index in [1.807, 2.05) is 33.5 Å². The Kier molecular flexibility index (Phi) is 3.42. The van der Waals surface area contributed by atoms with E-state index in [1.165, 1.54) is 12.4 Å². The minimum absolute atomic E-state index is 0.449. The predicted molar refractivity (Wildman–Crippen MR) is 107 cm³/mol. The van der Waals surface area contributed by atoms with E-state index in [0.29, 0.717) is 28.9 Å². The van der Waals surface area contributed by atoms with Gasteiger partial charge in [-0.3, -0.25) is 13.9 Å². The molecule has 0 unspecified atom stereocenters. The van der Waals surface area contributed by atoms with Crippen molar-refractivity contribution in [3.63, 3.8) is 0 Å². The molecule has 0 radical (unpaired) electrons. The lowest BCUT2D eigenvalue weighted by Crippen LogP contribution is -2.06. The summed E-state index contributed by atoms with van der Waals surface area (Å²) in [5.41, 5.74) is 9.64. The van der Waals surface area contributed by atoms with Crippen LogP contribution in [0.3, 0.4) is 0 Å². The van der Waals surface area contributed by atoms with E-state index in [0.717, 1.165) is 29.8 Å². The van der Waals surface area contributed by atoms with E-state index in [4.69, 9.17) is 15.2 Å². The number of carbonyl (C=O) groups is 1. The fraction of sp³-hybridized carbons (Fsp3) is 0.150. The van der Waals surface area contributed by atoms with Crippen LogP contribution >= 0.6 is 0 Å². The smallest absolute Gasteiger partial charge is 0.306 e. The maximum Gasteiger partial charge on any atom is 0.306 e. The van der Waals surface area contributed by atoms with Crippen LogP contribution in [0.2, 0.25) is 0 Å². The van der Waals surface area contributed by atoms with Crippen LogP contribution < -0.4 is 5.73 Å². The lowest BCUT2D eigenvalue weighted by Gasteiger charge is -2.09. The van der Waals surface area contributed by atoms with Crippen LogP contribution in [0.25, 0.3) is 40.2 Å². The number of pyridine rings is 1. The summed E-state index contributed by atoms with van der Waals surface area (Å²) in [5.74, 6) is -0.104. The highest BCUT2D eigenvalue weighted by atomic mass is 16.3. The minimum Gasteiger partial charge on any atom is -0.432 e. The van der Waals surface area contributed by atoms with Gasteiger partial charge in [-0.15, -0.1) is 0 Å². The summed E-state index contributed by atoms with van der Waals surface area (Å²) >= 11 is 0. The fourth-order valence-electron chi connectivity index (χ4n) is 3.66. The number of fused-ring (bicyclic) bond motifs is 2. The zero-order valence-corrected chi connectivity index (χ0v) is 15.7. The molecule has 0 saturated heterocycles. The van der Waals surface area contributed by atoms with Crippen molar-refractivity contribution in [2.75, 3.05) is 0 Å². The first kappa shape index (κ1) is 16.7. The minimum atomic E-state index is -0.553. The standard InChI is InChI=1S/C20H16N8O2/c21-16(29)5-4-15-13(3-6-17-22-11-23-28(15)17)19-18(24-20-26(19)9-10-30-20)14-7-8-27(25-14)12-1-2-12/h3-12H,1-2H2,(H2,21,29)/b5-4+. The largest absolute Gasteiger partial charge is 0.432 e. The Morgan fingerprint density at radius 1 is 1.23 bits per heavy atom. The summed E-state index contributed by atoms with van der Waals surface area (Å²) in [6, 6.07) is 6.20. The maximum absolute atomic E-state index is 11.4. The van der Waals surface area contributed by atoms with Crippen LogP contribution in [0.1, 0.15) is 24.6 Å². The zero-order valence-electron chi connectivity index (χ0n) is 15.7. The average Bonchev–Trinajstić information content (AvgIpc) is 3.13. The molecule has 0 spiro atoms. The number of primary amides is 1. The third-order valence-corrected chi connectivity index (χ3v) is 5.17. The molecule has 10 heteroatoms. The second-order valence-corrected chi connectivity index (χ2v) is 7.17. The van der Waals surface area contributed by atoms with Gasteiger partial charge in [0, 0.05) is 24.0 Å². The van der Waals surface area contributed by atoms with Crippen LogP contribution in [0, 0.1) is 0 Å². The summed E-state index contributed by atoms with van der Waals surface area (Å²) in [6.45, 7) is 0. The van der Waals surface area contributed by atoms with Crippen LogP contribution in [0.5, 0.6) is 0 Å². The highest BCUT2D eigenvalue weighted by Gasteiger charge is 2.27. The molecule has 6 rings (SSSR count). The summed E-state index contributed by atoms with van der Waals surface area (Å²) in [4.78, 5) is 20.3. The number of rotatable bonds is 5. The Morgan fingerprint density at radius 2 is 2.13 bits per heavy atom. The SMILES string of the molecule is NC(=O)/C=C/c1c(-c2c(-c3ccn(C4CC4)n3)nc3occn23)ccc2ncnn12. The topological polar surface area (TPSA) is 122 Å². The van der Waals surface area contributed by atoms with Gasteiger partial charge in [-0.05, 0) is 37.1 Å². The third kappa shape index (κ3) is 2.54. The van der Waals surface area contributed by atoms with Gasteiger partial charge in [-0.2, -0.15) is 15.2 Å². The van der Waals surface area contributed by atoms with E-state index in [-0.39, 0.29) is 0 Å². The highest BCUT2D eigenvalue weighted by Crippen LogP contribution is 2.38. The van der Waals surface area contributed by atoms with Crippen molar-refractivity contribution in [3.05, 3.63) is 55.0 Å². The molecule has 5 aromatic heterocycles. The van der Waals surface area contributed by atoms with Gasteiger partial charge in [0.25, 0.3) is 0 Å². The lowest BCUT2D eigenvalue weighted by atomic mass is 10.1. The first-order valence-electron chi connectivity index (χ1n) is 9.51. The molecule has 0 aliphatic heterocycles. The molecule has 0 atom stereocenters. The number of aromatic nitrogens is 7. The number of nitrogens with two attached hydrogens (primary N) is 1. The monoisotopic (exact) mass is 400 g/mol. The maximum atomic E-state index is 11.4. The molecular formula is C20H16N8O2. The summed E-state index contributed by atoms with van der Waals surface area (Å²) in [5, 5.41) is 9.03. The Morgan fingerprint density at radius 3 is 2.97 bits per heavy atom. The van der Waals surface area contributed by atoms with Crippen molar-refractivity contribution in [1.82, 2.24) is 33.8 Å². The van der Waals surface area contributed by atoms with Gasteiger partial charge in [-0.25, -0.2) is 9.50 Å². The number of amides is 1. The van der Waals surface area contributed by atoms with Crippen LogP contribution in [0.4, 0.5) is 0 Å². The molecule has 0 aromatic carbocycles. The Labute approximate surface area is 169 Å². The van der Waals surface area contributed by atoms with Gasteiger partial charge in [0.1, 0.15) is 24.0 Å². The van der Waals surface area contributed by atoms with Crippen molar-refractivity contribution < 1.29 is 9.21 Å². The van der Waals surface area contributed by atoms with E-state index in [2.05, 4.69) is 15.1 Å². The van der Waals surface area contributed by atoms with E-state index >= 15 is 0 Å². The zero-order chi connectivity index (χ0) is 20.2. The third-order valence-electron chi connectivity index (χ3n) is 5.17. The van der Waals surface area contributed by atoms with E-state index in [1.54, 1.807) is 23.1 Å². The molecule has 1 saturated carbocycles. The van der Waals surface area contributed by atoms with Crippen LogP contribution in [-0.2, 0) is 4.79 Å². The number of hydrogen-bond acceptors (Lipinski definition) is 6. The Hall–Kier alpha value is -4.21. The molecule has 1 amide bonds. The summed E-state index contributed by atoms with van der Waals surface area (Å²) in [6.07, 6.45) is 12.0. The molecule has 10 nitrogen and oxygen atoms in total. The van der Waals surface area contributed by atoms with Crippen molar-refractivity contribution in [2.45, 2.75) is 18.9 Å². The highest BCUT2D eigenvalue weighted by molar-refractivity contribution is 5.92.